The highest BCUT2D eigenvalue weighted by Crippen LogP contribution is 2.12. The van der Waals surface area contributed by atoms with Crippen LogP contribution in [0.4, 0.5) is 5.69 Å². The molecule has 0 aliphatic heterocycles. The third-order valence-electron chi connectivity index (χ3n) is 2.61. The lowest BCUT2D eigenvalue weighted by molar-refractivity contribution is -0.141. The Labute approximate surface area is 106 Å². The van der Waals surface area contributed by atoms with Crippen molar-refractivity contribution < 1.29 is 19.4 Å². The van der Waals surface area contributed by atoms with Gasteiger partial charge in [-0.3, -0.25) is 4.79 Å². The summed E-state index contributed by atoms with van der Waals surface area (Å²) in [6.07, 6.45) is 0.526. The van der Waals surface area contributed by atoms with Gasteiger partial charge in [0.1, 0.15) is 0 Å². The maximum atomic E-state index is 11.3. The molecule has 0 heterocycles. The first-order valence-corrected chi connectivity index (χ1v) is 5.69. The molecule has 0 aliphatic carbocycles. The number of carboxylic acids is 1. The Morgan fingerprint density at radius 2 is 2.17 bits per heavy atom. The monoisotopic (exact) mass is 251 g/mol. The summed E-state index contributed by atoms with van der Waals surface area (Å²) in [5.41, 5.74) is 1.24. The van der Waals surface area contributed by atoms with Crippen molar-refractivity contribution in [2.75, 3.05) is 19.0 Å². The summed E-state index contributed by atoms with van der Waals surface area (Å²) in [6.45, 7) is 2.20. The van der Waals surface area contributed by atoms with E-state index < -0.39 is 11.9 Å². The van der Waals surface area contributed by atoms with Gasteiger partial charge in [0.25, 0.3) is 0 Å². The van der Waals surface area contributed by atoms with Crippen LogP contribution in [0.1, 0.15) is 23.7 Å². The molecule has 2 N–H and O–H groups in total. The van der Waals surface area contributed by atoms with Gasteiger partial charge in [0.05, 0.1) is 18.6 Å². The molecule has 0 fully saturated rings. The fraction of sp³-hybridized carbons (Fsp3) is 0.385. The molecule has 1 rings (SSSR count). The van der Waals surface area contributed by atoms with Crippen molar-refractivity contribution in [2.24, 2.45) is 5.92 Å². The van der Waals surface area contributed by atoms with Crippen LogP contribution in [0.2, 0.25) is 0 Å². The number of carbonyl (C=O) groups excluding carboxylic acids is 1. The number of benzene rings is 1. The van der Waals surface area contributed by atoms with E-state index in [0.717, 1.165) is 5.69 Å². The van der Waals surface area contributed by atoms with Crippen LogP contribution in [0.3, 0.4) is 0 Å². The second-order valence-corrected chi connectivity index (χ2v) is 4.03. The largest absolute Gasteiger partial charge is 0.481 e. The molecule has 0 saturated carbocycles. The second-order valence-electron chi connectivity index (χ2n) is 4.03. The van der Waals surface area contributed by atoms with Crippen LogP contribution in [0.25, 0.3) is 0 Å². The van der Waals surface area contributed by atoms with Crippen LogP contribution in [-0.2, 0) is 9.53 Å². The fourth-order valence-electron chi connectivity index (χ4n) is 1.43. The van der Waals surface area contributed by atoms with E-state index in [1.54, 1.807) is 25.1 Å². The minimum Gasteiger partial charge on any atom is -0.481 e. The average Bonchev–Trinajstić information content (AvgIpc) is 2.37. The van der Waals surface area contributed by atoms with Crippen molar-refractivity contribution in [3.05, 3.63) is 29.8 Å². The zero-order valence-electron chi connectivity index (χ0n) is 10.5. The minimum atomic E-state index is -0.805. The van der Waals surface area contributed by atoms with Crippen LogP contribution >= 0.6 is 0 Å². The Kier molecular flexibility index (Phi) is 5.17. The summed E-state index contributed by atoms with van der Waals surface area (Å²) in [5, 5.41) is 11.8. The number of aliphatic carboxylic acids is 1. The SMILES string of the molecule is COC(=O)c1cccc(NCCC(C)C(=O)O)c1. The molecule has 0 bridgehead atoms. The van der Waals surface area contributed by atoms with Crippen molar-refractivity contribution in [3.8, 4) is 0 Å². The number of anilines is 1. The molecule has 0 aliphatic rings. The maximum Gasteiger partial charge on any atom is 0.337 e. The van der Waals surface area contributed by atoms with Crippen LogP contribution in [-0.4, -0.2) is 30.7 Å². The Balaban J connectivity index is 2.53. The van der Waals surface area contributed by atoms with E-state index in [0.29, 0.717) is 18.5 Å². The second kappa shape index (κ2) is 6.64. The Morgan fingerprint density at radius 1 is 1.44 bits per heavy atom. The van der Waals surface area contributed by atoms with Crippen molar-refractivity contribution in [1.82, 2.24) is 0 Å². The van der Waals surface area contributed by atoms with E-state index in [4.69, 9.17) is 5.11 Å². The number of carboxylic acid groups (broad SMARTS) is 1. The van der Waals surface area contributed by atoms with Crippen molar-refractivity contribution in [1.29, 1.82) is 0 Å². The van der Waals surface area contributed by atoms with Crippen LogP contribution < -0.4 is 5.32 Å². The van der Waals surface area contributed by atoms with Crippen molar-refractivity contribution in [2.45, 2.75) is 13.3 Å². The topological polar surface area (TPSA) is 75.6 Å². The Morgan fingerprint density at radius 3 is 2.78 bits per heavy atom. The number of ether oxygens (including phenoxy) is 1. The van der Waals surface area contributed by atoms with Crippen LogP contribution in [0.5, 0.6) is 0 Å². The number of carbonyl (C=O) groups is 2. The van der Waals surface area contributed by atoms with Crippen molar-refractivity contribution >= 4 is 17.6 Å². The molecule has 98 valence electrons. The summed E-state index contributed by atoms with van der Waals surface area (Å²) < 4.78 is 4.62. The summed E-state index contributed by atoms with van der Waals surface area (Å²) in [6, 6.07) is 6.90. The zero-order chi connectivity index (χ0) is 13.5. The quantitative estimate of drug-likeness (QED) is 0.756. The van der Waals surface area contributed by atoms with E-state index in [1.807, 2.05) is 6.07 Å². The lowest BCUT2D eigenvalue weighted by Gasteiger charge is -2.09. The zero-order valence-corrected chi connectivity index (χ0v) is 10.5. The molecular formula is C13H17NO4. The molecule has 0 saturated heterocycles. The first kappa shape index (κ1) is 14.0. The molecule has 0 spiro atoms. The lowest BCUT2D eigenvalue weighted by atomic mass is 10.1. The highest BCUT2D eigenvalue weighted by atomic mass is 16.5. The van der Waals surface area contributed by atoms with Gasteiger partial charge in [0.2, 0.25) is 0 Å². The number of nitrogens with one attached hydrogen (secondary N) is 1. The number of methoxy groups -OCH3 is 1. The van der Waals surface area contributed by atoms with E-state index in [2.05, 4.69) is 10.1 Å². The third-order valence-corrected chi connectivity index (χ3v) is 2.61. The predicted molar refractivity (Wildman–Crippen MR) is 67.7 cm³/mol. The minimum absolute atomic E-state index is 0.388. The van der Waals surface area contributed by atoms with E-state index in [1.165, 1.54) is 7.11 Å². The molecule has 5 nitrogen and oxygen atoms in total. The first-order chi connectivity index (χ1) is 8.54. The lowest BCUT2D eigenvalue weighted by Crippen LogP contribution is -2.14. The van der Waals surface area contributed by atoms with E-state index in [9.17, 15) is 9.59 Å². The highest BCUT2D eigenvalue weighted by Gasteiger charge is 2.10. The van der Waals surface area contributed by atoms with E-state index >= 15 is 0 Å². The molecule has 0 amide bonds. The number of hydrogen-bond donors (Lipinski definition) is 2. The smallest absolute Gasteiger partial charge is 0.337 e. The summed E-state index contributed by atoms with van der Waals surface area (Å²) in [7, 11) is 1.33. The highest BCUT2D eigenvalue weighted by molar-refractivity contribution is 5.90. The fourth-order valence-corrected chi connectivity index (χ4v) is 1.43. The van der Waals surface area contributed by atoms with Gasteiger partial charge >= 0.3 is 11.9 Å². The number of esters is 1. The number of rotatable bonds is 6. The molecule has 1 aromatic carbocycles. The van der Waals surface area contributed by atoms with Crippen LogP contribution in [0, 0.1) is 5.92 Å². The third kappa shape index (κ3) is 4.08. The van der Waals surface area contributed by atoms with Gasteiger partial charge in [0, 0.05) is 12.2 Å². The van der Waals surface area contributed by atoms with Gasteiger partial charge in [-0.15, -0.1) is 0 Å². The van der Waals surface area contributed by atoms with E-state index in [-0.39, 0.29) is 5.92 Å². The summed E-state index contributed by atoms with van der Waals surface area (Å²) in [4.78, 5) is 21.9. The summed E-state index contributed by atoms with van der Waals surface area (Å²) in [5.74, 6) is -1.58. The maximum absolute atomic E-state index is 11.3. The summed E-state index contributed by atoms with van der Waals surface area (Å²) >= 11 is 0. The normalized spacial score (nSPS) is 11.7. The molecule has 0 radical (unpaired) electrons. The first-order valence-electron chi connectivity index (χ1n) is 5.69. The van der Waals surface area contributed by atoms with Gasteiger partial charge in [0.15, 0.2) is 0 Å². The Bertz CT molecular complexity index is 431. The van der Waals surface area contributed by atoms with Gasteiger partial charge in [-0.1, -0.05) is 13.0 Å². The van der Waals surface area contributed by atoms with Gasteiger partial charge in [-0.2, -0.15) is 0 Å². The molecule has 1 unspecified atom stereocenters. The van der Waals surface area contributed by atoms with Crippen LogP contribution in [0.15, 0.2) is 24.3 Å². The molecule has 1 aromatic rings. The predicted octanol–water partition coefficient (Wildman–Crippen LogP) is 2.00. The van der Waals surface area contributed by atoms with Crippen molar-refractivity contribution in [3.63, 3.8) is 0 Å². The Hall–Kier alpha value is -2.04. The molecule has 5 heteroatoms. The van der Waals surface area contributed by atoms with Gasteiger partial charge in [-0.05, 0) is 24.6 Å². The number of hydrogen-bond acceptors (Lipinski definition) is 4. The van der Waals surface area contributed by atoms with Gasteiger partial charge < -0.3 is 15.2 Å². The molecule has 1 atom stereocenters. The molecular weight excluding hydrogens is 234 g/mol. The van der Waals surface area contributed by atoms with Gasteiger partial charge in [-0.25, -0.2) is 4.79 Å². The average molecular weight is 251 g/mol. The molecule has 0 aromatic heterocycles. The standard InChI is InChI=1S/C13H17NO4/c1-9(12(15)16)6-7-14-11-5-3-4-10(8-11)13(17)18-2/h3-5,8-9,14H,6-7H2,1-2H3,(H,15,16). The molecule has 18 heavy (non-hydrogen) atoms.